The lowest BCUT2D eigenvalue weighted by Gasteiger charge is -2.22. The fraction of sp³-hybridized carbons (Fsp3) is 0.467. The molecule has 0 amide bonds. The number of rotatable bonds is 6. The first-order valence-corrected chi connectivity index (χ1v) is 8.02. The monoisotopic (exact) mass is 288 g/mol. The van der Waals surface area contributed by atoms with Gasteiger partial charge in [0.25, 0.3) is 0 Å². The second kappa shape index (κ2) is 5.79. The maximum absolute atomic E-state index is 4.77. The normalized spacial score (nSPS) is 14.3. The fourth-order valence-electron chi connectivity index (χ4n) is 2.21. The largest absolute Gasteiger partial charge is 0.373 e. The lowest BCUT2D eigenvalue weighted by molar-refractivity contribution is 0.803. The molecule has 1 N–H and O–H groups in total. The van der Waals surface area contributed by atoms with Crippen LogP contribution in [0.15, 0.2) is 23.6 Å². The lowest BCUT2D eigenvalue weighted by atomic mass is 10.3. The fourth-order valence-corrected chi connectivity index (χ4v) is 2.93. The number of nitrogens with one attached hydrogen (secondary N) is 1. The molecule has 0 saturated heterocycles. The van der Waals surface area contributed by atoms with Gasteiger partial charge in [-0.25, -0.2) is 9.97 Å². The van der Waals surface area contributed by atoms with E-state index in [1.54, 1.807) is 11.3 Å². The number of hydrogen-bond donors (Lipinski definition) is 1. The summed E-state index contributed by atoms with van der Waals surface area (Å²) in [4.78, 5) is 13.0. The van der Waals surface area contributed by atoms with Gasteiger partial charge in [-0.3, -0.25) is 0 Å². The quantitative estimate of drug-likeness (QED) is 0.883. The van der Waals surface area contributed by atoms with Crippen molar-refractivity contribution in [1.29, 1.82) is 0 Å². The average molecular weight is 288 g/mol. The number of thiophene rings is 1. The third-order valence-corrected chi connectivity index (χ3v) is 4.42. The first kappa shape index (κ1) is 13.4. The van der Waals surface area contributed by atoms with E-state index in [0.717, 1.165) is 30.5 Å². The number of aromatic nitrogens is 2. The zero-order valence-corrected chi connectivity index (χ0v) is 12.8. The van der Waals surface area contributed by atoms with Crippen LogP contribution in [0.2, 0.25) is 0 Å². The molecule has 1 aliphatic carbocycles. The molecule has 1 saturated carbocycles. The van der Waals surface area contributed by atoms with E-state index in [2.05, 4.69) is 39.6 Å². The Hall–Kier alpha value is -1.62. The van der Waals surface area contributed by atoms with Crippen LogP contribution in [0.3, 0.4) is 0 Å². The highest BCUT2D eigenvalue weighted by Crippen LogP contribution is 2.39. The highest BCUT2D eigenvalue weighted by molar-refractivity contribution is 7.09. The maximum Gasteiger partial charge on any atom is 0.136 e. The topological polar surface area (TPSA) is 41.0 Å². The molecule has 20 heavy (non-hydrogen) atoms. The van der Waals surface area contributed by atoms with Gasteiger partial charge in [0.1, 0.15) is 17.5 Å². The van der Waals surface area contributed by atoms with Crippen LogP contribution in [0, 0.1) is 0 Å². The Bertz CT molecular complexity index is 563. The molecule has 4 nitrogen and oxygen atoms in total. The van der Waals surface area contributed by atoms with E-state index in [-0.39, 0.29) is 0 Å². The predicted molar refractivity (Wildman–Crippen MR) is 84.6 cm³/mol. The highest BCUT2D eigenvalue weighted by Gasteiger charge is 2.27. The average Bonchev–Trinajstić information content (AvgIpc) is 3.22. The van der Waals surface area contributed by atoms with E-state index in [0.29, 0.717) is 5.92 Å². The Balaban J connectivity index is 1.87. The van der Waals surface area contributed by atoms with Crippen LogP contribution in [0.4, 0.5) is 11.6 Å². The van der Waals surface area contributed by atoms with Gasteiger partial charge in [0.15, 0.2) is 0 Å². The van der Waals surface area contributed by atoms with Gasteiger partial charge < -0.3 is 10.2 Å². The minimum Gasteiger partial charge on any atom is -0.373 e. The summed E-state index contributed by atoms with van der Waals surface area (Å²) in [5, 5.41) is 5.28. The van der Waals surface area contributed by atoms with Crippen molar-refractivity contribution in [3.63, 3.8) is 0 Å². The predicted octanol–water partition coefficient (Wildman–Crippen LogP) is 3.48. The Kier molecular flexibility index (Phi) is 3.87. The SMILES string of the molecule is CCN(Cc1cccs1)c1cc(NC)nc(C2CC2)n1. The Morgan fingerprint density at radius 3 is 2.85 bits per heavy atom. The second-order valence-corrected chi connectivity index (χ2v) is 6.12. The van der Waals surface area contributed by atoms with Crippen molar-refractivity contribution in [2.45, 2.75) is 32.2 Å². The van der Waals surface area contributed by atoms with E-state index >= 15 is 0 Å². The molecule has 0 aromatic carbocycles. The second-order valence-electron chi connectivity index (χ2n) is 5.09. The first-order valence-electron chi connectivity index (χ1n) is 7.14. The zero-order valence-electron chi connectivity index (χ0n) is 12.0. The van der Waals surface area contributed by atoms with Crippen molar-refractivity contribution in [2.75, 3.05) is 23.8 Å². The summed E-state index contributed by atoms with van der Waals surface area (Å²) in [5.41, 5.74) is 0. The van der Waals surface area contributed by atoms with Gasteiger partial charge in [-0.1, -0.05) is 6.07 Å². The molecule has 1 aliphatic rings. The molecular weight excluding hydrogens is 268 g/mol. The number of anilines is 2. The minimum absolute atomic E-state index is 0.572. The van der Waals surface area contributed by atoms with Gasteiger partial charge >= 0.3 is 0 Å². The smallest absolute Gasteiger partial charge is 0.136 e. The molecule has 2 aromatic heterocycles. The van der Waals surface area contributed by atoms with Crippen molar-refractivity contribution < 1.29 is 0 Å². The number of nitrogens with zero attached hydrogens (tertiary/aromatic N) is 3. The molecule has 5 heteroatoms. The third kappa shape index (κ3) is 2.93. The Morgan fingerprint density at radius 2 is 2.25 bits per heavy atom. The molecule has 2 heterocycles. The van der Waals surface area contributed by atoms with Gasteiger partial charge in [-0.2, -0.15) is 0 Å². The van der Waals surface area contributed by atoms with Crippen molar-refractivity contribution >= 4 is 23.0 Å². The van der Waals surface area contributed by atoms with E-state index in [1.807, 2.05) is 13.1 Å². The van der Waals surface area contributed by atoms with Crippen LogP contribution < -0.4 is 10.2 Å². The van der Waals surface area contributed by atoms with Crippen LogP contribution in [0.1, 0.15) is 36.4 Å². The van der Waals surface area contributed by atoms with Crippen LogP contribution in [0.5, 0.6) is 0 Å². The standard InChI is InChI=1S/C15H20N4S/c1-3-19(10-12-5-4-8-20-12)14-9-13(16-2)17-15(18-14)11-6-7-11/h4-5,8-9,11H,3,6-7,10H2,1-2H3,(H,16,17,18). The molecule has 0 atom stereocenters. The van der Waals surface area contributed by atoms with E-state index in [1.165, 1.54) is 17.7 Å². The minimum atomic E-state index is 0.572. The van der Waals surface area contributed by atoms with Gasteiger partial charge in [0.05, 0.1) is 6.54 Å². The molecule has 106 valence electrons. The molecule has 0 spiro atoms. The van der Waals surface area contributed by atoms with Gasteiger partial charge in [0.2, 0.25) is 0 Å². The Morgan fingerprint density at radius 1 is 1.40 bits per heavy atom. The summed E-state index contributed by atoms with van der Waals surface area (Å²) >= 11 is 1.79. The van der Waals surface area contributed by atoms with Gasteiger partial charge in [0, 0.05) is 30.5 Å². The molecule has 0 aliphatic heterocycles. The molecular formula is C15H20N4S. The van der Waals surface area contributed by atoms with E-state index in [9.17, 15) is 0 Å². The van der Waals surface area contributed by atoms with Gasteiger partial charge in [-0.15, -0.1) is 11.3 Å². The van der Waals surface area contributed by atoms with Crippen molar-refractivity contribution in [3.05, 3.63) is 34.3 Å². The van der Waals surface area contributed by atoms with Crippen LogP contribution in [-0.4, -0.2) is 23.6 Å². The summed E-state index contributed by atoms with van der Waals surface area (Å²) in [6, 6.07) is 6.32. The van der Waals surface area contributed by atoms with Crippen molar-refractivity contribution in [1.82, 2.24) is 9.97 Å². The molecule has 2 aromatic rings. The van der Waals surface area contributed by atoms with Crippen molar-refractivity contribution in [3.8, 4) is 0 Å². The third-order valence-electron chi connectivity index (χ3n) is 3.56. The molecule has 3 rings (SSSR count). The maximum atomic E-state index is 4.77. The summed E-state index contributed by atoms with van der Waals surface area (Å²) in [6.07, 6.45) is 2.45. The van der Waals surface area contributed by atoms with Crippen molar-refractivity contribution in [2.24, 2.45) is 0 Å². The number of hydrogen-bond acceptors (Lipinski definition) is 5. The lowest BCUT2D eigenvalue weighted by Crippen LogP contribution is -2.23. The summed E-state index contributed by atoms with van der Waals surface area (Å²) < 4.78 is 0. The summed E-state index contributed by atoms with van der Waals surface area (Å²) in [5.74, 6) is 3.52. The van der Waals surface area contributed by atoms with E-state index < -0.39 is 0 Å². The summed E-state index contributed by atoms with van der Waals surface area (Å²) in [6.45, 7) is 4.03. The Labute approximate surface area is 123 Å². The molecule has 0 bridgehead atoms. The van der Waals surface area contributed by atoms with Crippen LogP contribution in [0.25, 0.3) is 0 Å². The van der Waals surface area contributed by atoms with Gasteiger partial charge in [-0.05, 0) is 31.2 Å². The van der Waals surface area contributed by atoms with Crippen LogP contribution >= 0.6 is 11.3 Å². The summed E-state index contributed by atoms with van der Waals surface area (Å²) in [7, 11) is 1.92. The van der Waals surface area contributed by atoms with E-state index in [4.69, 9.17) is 4.98 Å². The molecule has 0 radical (unpaired) electrons. The zero-order chi connectivity index (χ0) is 13.9. The molecule has 1 fully saturated rings. The molecule has 0 unspecified atom stereocenters. The van der Waals surface area contributed by atoms with Crippen LogP contribution in [-0.2, 0) is 6.54 Å². The first-order chi connectivity index (χ1) is 9.80. The highest BCUT2D eigenvalue weighted by atomic mass is 32.1.